The maximum Gasteiger partial charge on any atom is 0.0316 e. The minimum absolute atomic E-state index is 0.754. The molecule has 110 valence electrons. The van der Waals surface area contributed by atoms with E-state index in [4.69, 9.17) is 5.73 Å². The molecule has 2 N–H and O–H groups in total. The lowest BCUT2D eigenvalue weighted by molar-refractivity contribution is 0.108. The zero-order valence-electron chi connectivity index (χ0n) is 12.6. The Morgan fingerprint density at radius 1 is 1.05 bits per heavy atom. The van der Waals surface area contributed by atoms with Crippen LogP contribution in [0.1, 0.15) is 50.5 Å². The molecule has 0 radical (unpaired) electrons. The maximum atomic E-state index is 5.83. The average molecular weight is 272 g/mol. The van der Waals surface area contributed by atoms with Crippen molar-refractivity contribution in [1.82, 2.24) is 4.90 Å². The monoisotopic (exact) mass is 272 g/mol. The predicted molar refractivity (Wildman–Crippen MR) is 85.8 cm³/mol. The zero-order chi connectivity index (χ0) is 13.8. The van der Waals surface area contributed by atoms with Gasteiger partial charge in [-0.2, -0.15) is 0 Å². The van der Waals surface area contributed by atoms with Crippen LogP contribution in [0.5, 0.6) is 0 Å². The van der Waals surface area contributed by atoms with Gasteiger partial charge in [0.1, 0.15) is 0 Å². The number of nitrogens with zero attached hydrogens (tertiary/aromatic N) is 1. The van der Waals surface area contributed by atoms with Crippen LogP contribution in [0.2, 0.25) is 0 Å². The van der Waals surface area contributed by atoms with Crippen molar-refractivity contribution in [2.24, 2.45) is 5.41 Å². The van der Waals surface area contributed by atoms with E-state index >= 15 is 0 Å². The molecule has 20 heavy (non-hydrogen) atoms. The Labute approximate surface area is 123 Å². The third kappa shape index (κ3) is 3.35. The second-order valence-electron chi connectivity index (χ2n) is 6.90. The highest BCUT2D eigenvalue weighted by Gasteiger charge is 2.36. The lowest BCUT2D eigenvalue weighted by Gasteiger charge is -2.39. The van der Waals surface area contributed by atoms with Crippen LogP contribution >= 0.6 is 0 Å². The first-order valence-electron chi connectivity index (χ1n) is 8.33. The van der Waals surface area contributed by atoms with E-state index in [0.29, 0.717) is 0 Å². The molecule has 0 bridgehead atoms. The fourth-order valence-electron chi connectivity index (χ4n) is 4.13. The Morgan fingerprint density at radius 3 is 2.50 bits per heavy atom. The molecule has 1 aliphatic carbocycles. The van der Waals surface area contributed by atoms with Crippen LogP contribution in [-0.2, 0) is 6.42 Å². The van der Waals surface area contributed by atoms with Crippen LogP contribution in [0.3, 0.4) is 0 Å². The summed E-state index contributed by atoms with van der Waals surface area (Å²) < 4.78 is 0. The first-order chi connectivity index (χ1) is 9.76. The summed E-state index contributed by atoms with van der Waals surface area (Å²) in [7, 11) is 0. The number of likely N-dealkylation sites (tertiary alicyclic amines) is 1. The normalized spacial score (nSPS) is 22.4. The van der Waals surface area contributed by atoms with E-state index in [9.17, 15) is 0 Å². The summed E-state index contributed by atoms with van der Waals surface area (Å²) in [6, 6.07) is 8.34. The van der Waals surface area contributed by atoms with E-state index in [0.717, 1.165) is 17.5 Å². The topological polar surface area (TPSA) is 29.3 Å². The highest BCUT2D eigenvalue weighted by atomic mass is 15.1. The molecule has 1 aliphatic heterocycles. The molecule has 3 rings (SSSR count). The number of nitrogens with two attached hydrogens (primary N) is 1. The summed E-state index contributed by atoms with van der Waals surface area (Å²) in [6.45, 7) is 3.92. The summed E-state index contributed by atoms with van der Waals surface area (Å²) in [5, 5.41) is 0. The van der Waals surface area contributed by atoms with E-state index in [1.807, 2.05) is 6.07 Å². The number of nitrogen functional groups attached to an aromatic ring is 1. The molecule has 1 aromatic carbocycles. The maximum absolute atomic E-state index is 5.83. The number of hydrogen-bond acceptors (Lipinski definition) is 2. The van der Waals surface area contributed by atoms with E-state index in [2.05, 4.69) is 23.1 Å². The fraction of sp³-hybridized carbons (Fsp3) is 0.667. The molecule has 0 atom stereocenters. The standard InChI is InChI=1S/C18H28N2/c19-17-7-3-5-16(15-17)6-4-12-20-13-10-18(11-14-20)8-1-2-9-18/h3,5,7,15H,1-2,4,6,8-14,19H2. The van der Waals surface area contributed by atoms with Crippen molar-refractivity contribution in [2.75, 3.05) is 25.4 Å². The van der Waals surface area contributed by atoms with Crippen molar-refractivity contribution < 1.29 is 0 Å². The van der Waals surface area contributed by atoms with Gasteiger partial charge in [0.2, 0.25) is 0 Å². The first kappa shape index (κ1) is 13.9. The fourth-order valence-corrected chi connectivity index (χ4v) is 4.13. The van der Waals surface area contributed by atoms with Gasteiger partial charge < -0.3 is 10.6 Å². The first-order valence-corrected chi connectivity index (χ1v) is 8.33. The van der Waals surface area contributed by atoms with Crippen molar-refractivity contribution in [2.45, 2.75) is 51.4 Å². The highest BCUT2D eigenvalue weighted by Crippen LogP contribution is 2.46. The Balaban J connectivity index is 1.39. The van der Waals surface area contributed by atoms with Crippen molar-refractivity contribution in [3.8, 4) is 0 Å². The molecular weight excluding hydrogens is 244 g/mol. The van der Waals surface area contributed by atoms with Gasteiger partial charge in [0.05, 0.1) is 0 Å². The quantitative estimate of drug-likeness (QED) is 0.843. The smallest absolute Gasteiger partial charge is 0.0316 e. The number of aryl methyl sites for hydroxylation is 1. The minimum atomic E-state index is 0.754. The predicted octanol–water partition coefficient (Wildman–Crippen LogP) is 3.86. The summed E-state index contributed by atoms with van der Waals surface area (Å²) in [6.07, 6.45) is 11.3. The number of hydrogen-bond donors (Lipinski definition) is 1. The van der Waals surface area contributed by atoms with Gasteiger partial charge in [-0.15, -0.1) is 0 Å². The van der Waals surface area contributed by atoms with Crippen LogP contribution in [0.4, 0.5) is 5.69 Å². The van der Waals surface area contributed by atoms with Crippen LogP contribution in [0.15, 0.2) is 24.3 Å². The summed E-state index contributed by atoms with van der Waals surface area (Å²) in [4.78, 5) is 2.68. The molecule has 1 saturated carbocycles. The van der Waals surface area contributed by atoms with Crippen LogP contribution in [0.25, 0.3) is 0 Å². The Kier molecular flexibility index (Phi) is 4.30. The van der Waals surface area contributed by atoms with Crippen molar-refractivity contribution in [3.63, 3.8) is 0 Å². The summed E-state index contributed by atoms with van der Waals surface area (Å²) in [5.74, 6) is 0. The molecule has 1 spiro atoms. The lowest BCUT2D eigenvalue weighted by Crippen LogP contribution is -2.39. The van der Waals surface area contributed by atoms with E-state index in [1.54, 1.807) is 0 Å². The van der Waals surface area contributed by atoms with E-state index < -0.39 is 0 Å². The van der Waals surface area contributed by atoms with Crippen LogP contribution < -0.4 is 5.73 Å². The van der Waals surface area contributed by atoms with Crippen molar-refractivity contribution in [1.29, 1.82) is 0 Å². The van der Waals surface area contributed by atoms with E-state index in [-0.39, 0.29) is 0 Å². The van der Waals surface area contributed by atoms with Gasteiger partial charge >= 0.3 is 0 Å². The number of rotatable bonds is 4. The highest BCUT2D eigenvalue weighted by molar-refractivity contribution is 5.40. The average Bonchev–Trinajstić information content (AvgIpc) is 2.90. The third-order valence-electron chi connectivity index (χ3n) is 5.47. The number of piperidine rings is 1. The molecule has 1 aromatic rings. The Bertz CT molecular complexity index is 425. The van der Waals surface area contributed by atoms with Gasteiger partial charge in [-0.25, -0.2) is 0 Å². The summed E-state index contributed by atoms with van der Waals surface area (Å²) >= 11 is 0. The van der Waals surface area contributed by atoms with Gasteiger partial charge in [-0.1, -0.05) is 25.0 Å². The molecule has 1 saturated heterocycles. The van der Waals surface area contributed by atoms with Gasteiger partial charge in [-0.3, -0.25) is 0 Å². The third-order valence-corrected chi connectivity index (χ3v) is 5.47. The molecule has 2 aliphatic rings. The van der Waals surface area contributed by atoms with Crippen molar-refractivity contribution >= 4 is 5.69 Å². The SMILES string of the molecule is Nc1cccc(CCCN2CCC3(CCCC3)CC2)c1. The largest absolute Gasteiger partial charge is 0.399 e. The van der Waals surface area contributed by atoms with Crippen LogP contribution in [0, 0.1) is 5.41 Å². The Morgan fingerprint density at radius 2 is 1.80 bits per heavy atom. The zero-order valence-corrected chi connectivity index (χ0v) is 12.6. The second kappa shape index (κ2) is 6.17. The van der Waals surface area contributed by atoms with Gasteiger partial charge in [0, 0.05) is 5.69 Å². The number of benzene rings is 1. The Hall–Kier alpha value is -1.02. The molecule has 0 unspecified atom stereocenters. The van der Waals surface area contributed by atoms with Gasteiger partial charge in [0.25, 0.3) is 0 Å². The molecule has 2 heteroatoms. The molecule has 2 fully saturated rings. The molecule has 2 nitrogen and oxygen atoms in total. The van der Waals surface area contributed by atoms with E-state index in [1.165, 1.54) is 70.1 Å². The van der Waals surface area contributed by atoms with Gasteiger partial charge in [0.15, 0.2) is 0 Å². The lowest BCUT2D eigenvalue weighted by atomic mass is 9.77. The minimum Gasteiger partial charge on any atom is -0.399 e. The molecule has 0 amide bonds. The second-order valence-corrected chi connectivity index (χ2v) is 6.90. The van der Waals surface area contributed by atoms with Crippen molar-refractivity contribution in [3.05, 3.63) is 29.8 Å². The summed E-state index contributed by atoms with van der Waals surface area (Å²) in [5.41, 5.74) is 8.86. The molecule has 1 heterocycles. The molecular formula is C18H28N2. The van der Waals surface area contributed by atoms with Crippen LogP contribution in [-0.4, -0.2) is 24.5 Å². The molecule has 0 aromatic heterocycles. The van der Waals surface area contributed by atoms with Gasteiger partial charge in [-0.05, 0) is 81.3 Å². The number of anilines is 1.